The molecule has 0 N–H and O–H groups in total. The Balaban J connectivity index is 2.82. The zero-order valence-corrected chi connectivity index (χ0v) is 9.07. The number of aldehydes is 1. The van der Waals surface area contributed by atoms with Crippen molar-refractivity contribution < 1.29 is 9.53 Å². The Morgan fingerprint density at radius 2 is 2.07 bits per heavy atom. The number of ether oxygens (including phenoxy) is 1. The summed E-state index contributed by atoms with van der Waals surface area (Å²) in [6.45, 7) is 0. The Morgan fingerprint density at radius 3 is 2.67 bits per heavy atom. The molecule has 0 heterocycles. The lowest BCUT2D eigenvalue weighted by molar-refractivity contribution is -0.104. The van der Waals surface area contributed by atoms with Crippen LogP contribution in [0.4, 0.5) is 0 Å². The fourth-order valence-corrected chi connectivity index (χ4v) is 1.27. The summed E-state index contributed by atoms with van der Waals surface area (Å²) in [5.74, 6) is 0.723. The van der Waals surface area contributed by atoms with Crippen molar-refractivity contribution in [1.29, 1.82) is 0 Å². The van der Waals surface area contributed by atoms with Gasteiger partial charge >= 0.3 is 0 Å². The van der Waals surface area contributed by atoms with Gasteiger partial charge in [0.05, 0.1) is 12.1 Å². The third kappa shape index (κ3) is 3.60. The minimum atomic E-state index is 0.616. The number of carbonyl (C=O) groups excluding carboxylic acids is 1. The van der Waals surface area contributed by atoms with Gasteiger partial charge in [-0.25, -0.2) is 0 Å². The zero-order valence-electron chi connectivity index (χ0n) is 8.31. The monoisotopic (exact) mass is 222 g/mol. The van der Waals surface area contributed by atoms with Crippen molar-refractivity contribution in [3.05, 3.63) is 47.0 Å². The molecule has 2 nitrogen and oxygen atoms in total. The summed E-state index contributed by atoms with van der Waals surface area (Å²) in [4.78, 5) is 10.0. The average Bonchev–Trinajstić information content (AvgIpc) is 2.26. The van der Waals surface area contributed by atoms with Gasteiger partial charge in [-0.1, -0.05) is 29.8 Å². The van der Waals surface area contributed by atoms with Gasteiger partial charge in [-0.3, -0.25) is 4.79 Å². The molecule has 0 aliphatic rings. The van der Waals surface area contributed by atoms with E-state index < -0.39 is 0 Å². The highest BCUT2D eigenvalue weighted by atomic mass is 35.5. The lowest BCUT2D eigenvalue weighted by Crippen LogP contribution is -1.83. The summed E-state index contributed by atoms with van der Waals surface area (Å²) in [5, 5.41) is 0.616. The number of rotatable bonds is 4. The molecule has 1 aromatic rings. The van der Waals surface area contributed by atoms with Gasteiger partial charge in [-0.05, 0) is 29.8 Å². The topological polar surface area (TPSA) is 26.3 Å². The van der Waals surface area contributed by atoms with E-state index in [0.29, 0.717) is 5.02 Å². The molecule has 0 aliphatic heterocycles. The van der Waals surface area contributed by atoms with E-state index in [-0.39, 0.29) is 0 Å². The number of benzene rings is 1. The minimum Gasteiger partial charge on any atom is -0.497 e. The number of methoxy groups -OCH3 is 1. The van der Waals surface area contributed by atoms with Crippen molar-refractivity contribution in [1.82, 2.24) is 0 Å². The minimum absolute atomic E-state index is 0.616. The lowest BCUT2D eigenvalue weighted by Gasteiger charge is -2.02. The molecule has 0 saturated carbocycles. The fourth-order valence-electron chi connectivity index (χ4n) is 1.04. The Labute approximate surface area is 93.8 Å². The summed E-state index contributed by atoms with van der Waals surface area (Å²) < 4.78 is 5.02. The third-order valence-electron chi connectivity index (χ3n) is 1.78. The number of halogens is 1. The molecule has 0 radical (unpaired) electrons. The van der Waals surface area contributed by atoms with Crippen LogP contribution in [0.3, 0.4) is 0 Å². The predicted octanol–water partition coefficient (Wildman–Crippen LogP) is 3.12. The van der Waals surface area contributed by atoms with Crippen molar-refractivity contribution in [3.63, 3.8) is 0 Å². The standard InChI is InChI=1S/C12H11ClO2/c1-15-11-7-6-10(12(13)9-11)5-3-2-4-8-14/h2-9H,1H3/b4-2+,5-3+. The van der Waals surface area contributed by atoms with Crippen LogP contribution in [0.2, 0.25) is 5.02 Å². The largest absolute Gasteiger partial charge is 0.497 e. The van der Waals surface area contributed by atoms with Crippen LogP contribution in [0, 0.1) is 0 Å². The Bertz CT molecular complexity index is 395. The van der Waals surface area contributed by atoms with Crippen LogP contribution in [-0.4, -0.2) is 13.4 Å². The first-order valence-corrected chi connectivity index (χ1v) is 4.78. The highest BCUT2D eigenvalue weighted by Crippen LogP contribution is 2.23. The maximum Gasteiger partial charge on any atom is 0.142 e. The molecule has 0 aliphatic carbocycles. The van der Waals surface area contributed by atoms with Gasteiger partial charge in [0, 0.05) is 0 Å². The summed E-state index contributed by atoms with van der Waals surface area (Å²) in [6.07, 6.45) is 7.35. The quantitative estimate of drug-likeness (QED) is 0.445. The van der Waals surface area contributed by atoms with Crippen LogP contribution in [0.25, 0.3) is 6.08 Å². The van der Waals surface area contributed by atoms with E-state index in [1.54, 1.807) is 25.3 Å². The van der Waals surface area contributed by atoms with Gasteiger partial charge in [-0.2, -0.15) is 0 Å². The van der Waals surface area contributed by atoms with E-state index in [0.717, 1.165) is 17.6 Å². The van der Waals surface area contributed by atoms with Crippen LogP contribution in [0.5, 0.6) is 5.75 Å². The highest BCUT2D eigenvalue weighted by molar-refractivity contribution is 6.32. The predicted molar refractivity (Wildman–Crippen MR) is 62.2 cm³/mol. The summed E-state index contributed by atoms with van der Waals surface area (Å²) in [5.41, 5.74) is 0.882. The van der Waals surface area contributed by atoms with E-state index in [9.17, 15) is 4.79 Å². The number of allylic oxidation sites excluding steroid dienone is 3. The fraction of sp³-hybridized carbons (Fsp3) is 0.0833. The highest BCUT2D eigenvalue weighted by Gasteiger charge is 1.97. The number of hydrogen-bond acceptors (Lipinski definition) is 2. The third-order valence-corrected chi connectivity index (χ3v) is 2.11. The summed E-state index contributed by atoms with van der Waals surface area (Å²) in [6, 6.07) is 5.42. The molecular weight excluding hydrogens is 212 g/mol. The zero-order chi connectivity index (χ0) is 11.1. The second-order valence-corrected chi connectivity index (χ2v) is 3.17. The van der Waals surface area contributed by atoms with Crippen LogP contribution >= 0.6 is 11.6 Å². The van der Waals surface area contributed by atoms with Gasteiger partial charge in [0.15, 0.2) is 0 Å². The number of hydrogen-bond donors (Lipinski definition) is 0. The smallest absolute Gasteiger partial charge is 0.142 e. The molecular formula is C12H11ClO2. The Hall–Kier alpha value is -1.54. The normalized spacial score (nSPS) is 11.1. The van der Waals surface area contributed by atoms with Crippen molar-refractivity contribution in [2.45, 2.75) is 0 Å². The molecule has 0 spiro atoms. The van der Waals surface area contributed by atoms with Gasteiger partial charge in [0.2, 0.25) is 0 Å². The van der Waals surface area contributed by atoms with Crippen LogP contribution < -0.4 is 4.74 Å². The summed E-state index contributed by atoms with van der Waals surface area (Å²) in [7, 11) is 1.59. The van der Waals surface area contributed by atoms with E-state index in [1.807, 2.05) is 18.2 Å². The summed E-state index contributed by atoms with van der Waals surface area (Å²) >= 11 is 6.00. The van der Waals surface area contributed by atoms with Crippen LogP contribution in [0.15, 0.2) is 36.4 Å². The van der Waals surface area contributed by atoms with E-state index in [2.05, 4.69) is 0 Å². The van der Waals surface area contributed by atoms with Gasteiger partial charge in [0.25, 0.3) is 0 Å². The molecule has 0 fully saturated rings. The Morgan fingerprint density at radius 1 is 1.27 bits per heavy atom. The molecule has 0 atom stereocenters. The molecule has 0 bridgehead atoms. The molecule has 0 amide bonds. The van der Waals surface area contributed by atoms with Crippen LogP contribution in [-0.2, 0) is 4.79 Å². The number of carbonyl (C=O) groups is 1. The molecule has 3 heteroatoms. The molecule has 78 valence electrons. The van der Waals surface area contributed by atoms with Crippen LogP contribution in [0.1, 0.15) is 5.56 Å². The maximum absolute atomic E-state index is 10.0. The van der Waals surface area contributed by atoms with Crippen molar-refractivity contribution >= 4 is 24.0 Å². The second-order valence-electron chi connectivity index (χ2n) is 2.77. The van der Waals surface area contributed by atoms with E-state index >= 15 is 0 Å². The van der Waals surface area contributed by atoms with E-state index in [1.165, 1.54) is 6.08 Å². The van der Waals surface area contributed by atoms with Gasteiger partial charge in [0.1, 0.15) is 12.0 Å². The van der Waals surface area contributed by atoms with Gasteiger partial charge < -0.3 is 4.74 Å². The first kappa shape index (κ1) is 11.5. The molecule has 0 saturated heterocycles. The molecule has 0 unspecified atom stereocenters. The van der Waals surface area contributed by atoms with E-state index in [4.69, 9.17) is 16.3 Å². The van der Waals surface area contributed by atoms with Crippen molar-refractivity contribution in [2.24, 2.45) is 0 Å². The molecule has 1 aromatic carbocycles. The molecule has 15 heavy (non-hydrogen) atoms. The first-order valence-electron chi connectivity index (χ1n) is 4.40. The maximum atomic E-state index is 10.0. The SMILES string of the molecule is COc1ccc(/C=C/C=C/C=O)c(Cl)c1. The van der Waals surface area contributed by atoms with Crippen molar-refractivity contribution in [2.75, 3.05) is 7.11 Å². The average molecular weight is 223 g/mol. The first-order chi connectivity index (χ1) is 7.27. The Kier molecular flexibility index (Phi) is 4.64. The second kappa shape index (κ2) is 6.04. The van der Waals surface area contributed by atoms with Gasteiger partial charge in [-0.15, -0.1) is 0 Å². The van der Waals surface area contributed by atoms with Crippen molar-refractivity contribution in [3.8, 4) is 5.75 Å². The lowest BCUT2D eigenvalue weighted by atomic mass is 10.2. The molecule has 1 rings (SSSR count). The molecule has 0 aromatic heterocycles.